The molecular weight excluding hydrogens is 320 g/mol. The lowest BCUT2D eigenvalue weighted by Gasteiger charge is -2.19. The Morgan fingerprint density at radius 1 is 1.04 bits per heavy atom. The van der Waals surface area contributed by atoms with Crippen LogP contribution in [0.3, 0.4) is 0 Å². The molecule has 0 bridgehead atoms. The molecule has 1 unspecified atom stereocenters. The number of rotatable bonds is 7. The molecule has 0 saturated carbocycles. The normalized spacial score (nSPS) is 12.4. The van der Waals surface area contributed by atoms with Gasteiger partial charge in [0.05, 0.1) is 5.52 Å². The Labute approximate surface area is 147 Å². The molecule has 1 heterocycles. The highest BCUT2D eigenvalue weighted by molar-refractivity contribution is 6.35. The van der Waals surface area contributed by atoms with Gasteiger partial charge in [-0.3, -0.25) is 4.98 Å². The number of hydrogen-bond donors (Lipinski definition) is 2. The SMILES string of the molecule is OCCCC(NCc1ccc(Cl)c2cccnc12)c1ccccc1. The van der Waals surface area contributed by atoms with Gasteiger partial charge < -0.3 is 10.4 Å². The quantitative estimate of drug-likeness (QED) is 0.666. The van der Waals surface area contributed by atoms with Gasteiger partial charge in [0.1, 0.15) is 0 Å². The summed E-state index contributed by atoms with van der Waals surface area (Å²) >= 11 is 6.27. The monoisotopic (exact) mass is 340 g/mol. The number of aromatic nitrogens is 1. The smallest absolute Gasteiger partial charge is 0.0761 e. The molecule has 0 spiro atoms. The van der Waals surface area contributed by atoms with E-state index in [2.05, 4.69) is 22.4 Å². The fourth-order valence-electron chi connectivity index (χ4n) is 2.94. The zero-order valence-corrected chi connectivity index (χ0v) is 14.2. The summed E-state index contributed by atoms with van der Waals surface area (Å²) in [5.41, 5.74) is 3.29. The maximum absolute atomic E-state index is 9.17. The summed E-state index contributed by atoms with van der Waals surface area (Å²) in [6.07, 6.45) is 3.45. The Morgan fingerprint density at radius 2 is 1.88 bits per heavy atom. The van der Waals surface area contributed by atoms with Gasteiger partial charge in [0.15, 0.2) is 0 Å². The fourth-order valence-corrected chi connectivity index (χ4v) is 3.16. The van der Waals surface area contributed by atoms with Crippen molar-refractivity contribution in [3.63, 3.8) is 0 Å². The predicted octanol–water partition coefficient (Wildman–Crippen LogP) is 4.49. The number of fused-ring (bicyclic) bond motifs is 1. The van der Waals surface area contributed by atoms with Crippen LogP contribution in [-0.4, -0.2) is 16.7 Å². The zero-order chi connectivity index (χ0) is 16.8. The summed E-state index contributed by atoms with van der Waals surface area (Å²) in [6, 6.07) is 18.4. The summed E-state index contributed by atoms with van der Waals surface area (Å²) in [6.45, 7) is 0.909. The van der Waals surface area contributed by atoms with Crippen LogP contribution < -0.4 is 5.32 Å². The van der Waals surface area contributed by atoms with Gasteiger partial charge in [0.25, 0.3) is 0 Å². The van der Waals surface area contributed by atoms with Crippen molar-refractivity contribution in [1.82, 2.24) is 10.3 Å². The van der Waals surface area contributed by atoms with Crippen molar-refractivity contribution < 1.29 is 5.11 Å². The molecule has 4 heteroatoms. The van der Waals surface area contributed by atoms with Gasteiger partial charge in [-0.05, 0) is 42.2 Å². The Morgan fingerprint density at radius 3 is 2.67 bits per heavy atom. The molecule has 124 valence electrons. The van der Waals surface area contributed by atoms with Crippen LogP contribution in [0.1, 0.15) is 30.0 Å². The first-order valence-electron chi connectivity index (χ1n) is 8.21. The average Bonchev–Trinajstić information content (AvgIpc) is 2.64. The number of nitrogens with zero attached hydrogens (tertiary/aromatic N) is 1. The molecule has 0 amide bonds. The van der Waals surface area contributed by atoms with Crippen LogP contribution in [0.25, 0.3) is 10.9 Å². The zero-order valence-electron chi connectivity index (χ0n) is 13.5. The van der Waals surface area contributed by atoms with E-state index in [9.17, 15) is 0 Å². The van der Waals surface area contributed by atoms with Crippen LogP contribution in [-0.2, 0) is 6.54 Å². The van der Waals surface area contributed by atoms with Crippen molar-refractivity contribution in [3.05, 3.63) is 76.9 Å². The summed E-state index contributed by atoms with van der Waals surface area (Å²) in [5, 5.41) is 14.5. The summed E-state index contributed by atoms with van der Waals surface area (Å²) in [4.78, 5) is 4.49. The summed E-state index contributed by atoms with van der Waals surface area (Å²) in [5.74, 6) is 0. The molecule has 0 radical (unpaired) electrons. The van der Waals surface area contributed by atoms with Crippen LogP contribution in [0, 0.1) is 0 Å². The highest BCUT2D eigenvalue weighted by Crippen LogP contribution is 2.26. The third-order valence-corrected chi connectivity index (χ3v) is 4.52. The van der Waals surface area contributed by atoms with Crippen molar-refractivity contribution in [1.29, 1.82) is 0 Å². The van der Waals surface area contributed by atoms with Crippen molar-refractivity contribution in [2.75, 3.05) is 6.61 Å². The minimum Gasteiger partial charge on any atom is -0.396 e. The molecule has 2 aromatic carbocycles. The molecule has 0 aliphatic rings. The van der Waals surface area contributed by atoms with Gasteiger partial charge >= 0.3 is 0 Å². The second kappa shape index (κ2) is 8.25. The van der Waals surface area contributed by atoms with Gasteiger partial charge in [-0.15, -0.1) is 0 Å². The van der Waals surface area contributed by atoms with Crippen LogP contribution in [0.4, 0.5) is 0 Å². The number of halogens is 1. The van der Waals surface area contributed by atoms with Gasteiger partial charge in [-0.25, -0.2) is 0 Å². The predicted molar refractivity (Wildman–Crippen MR) is 99.1 cm³/mol. The molecule has 3 nitrogen and oxygen atoms in total. The fraction of sp³-hybridized carbons (Fsp3) is 0.250. The molecular formula is C20H21ClN2O. The molecule has 1 atom stereocenters. The minimum atomic E-state index is 0.202. The Bertz CT molecular complexity index is 792. The van der Waals surface area contributed by atoms with E-state index in [0.717, 1.165) is 34.3 Å². The topological polar surface area (TPSA) is 45.1 Å². The maximum Gasteiger partial charge on any atom is 0.0761 e. The van der Waals surface area contributed by atoms with Gasteiger partial charge in [-0.1, -0.05) is 48.0 Å². The van der Waals surface area contributed by atoms with Crippen LogP contribution in [0.15, 0.2) is 60.8 Å². The van der Waals surface area contributed by atoms with Gasteiger partial charge in [0, 0.05) is 35.8 Å². The molecule has 0 saturated heterocycles. The lowest BCUT2D eigenvalue weighted by atomic mass is 10.0. The highest BCUT2D eigenvalue weighted by Gasteiger charge is 2.12. The van der Waals surface area contributed by atoms with E-state index in [4.69, 9.17) is 16.7 Å². The second-order valence-electron chi connectivity index (χ2n) is 5.82. The molecule has 0 fully saturated rings. The number of aliphatic hydroxyl groups is 1. The lowest BCUT2D eigenvalue weighted by molar-refractivity contribution is 0.275. The van der Waals surface area contributed by atoms with Crippen LogP contribution in [0.5, 0.6) is 0 Å². The first-order chi connectivity index (χ1) is 11.8. The van der Waals surface area contributed by atoms with E-state index in [1.807, 2.05) is 42.5 Å². The van der Waals surface area contributed by atoms with E-state index in [0.29, 0.717) is 6.54 Å². The maximum atomic E-state index is 9.17. The average molecular weight is 341 g/mol. The third kappa shape index (κ3) is 3.93. The largest absolute Gasteiger partial charge is 0.396 e. The molecule has 24 heavy (non-hydrogen) atoms. The number of aliphatic hydroxyl groups excluding tert-OH is 1. The van der Waals surface area contributed by atoms with E-state index < -0.39 is 0 Å². The molecule has 3 rings (SSSR count). The molecule has 1 aromatic heterocycles. The Kier molecular flexibility index (Phi) is 5.81. The first kappa shape index (κ1) is 16.9. The number of pyridine rings is 1. The van der Waals surface area contributed by atoms with E-state index in [1.54, 1.807) is 6.20 Å². The number of hydrogen-bond acceptors (Lipinski definition) is 3. The standard InChI is InChI=1S/C20H21ClN2O/c21-18-11-10-16(20-17(18)8-4-12-22-20)14-23-19(9-5-13-24)15-6-2-1-3-7-15/h1-4,6-8,10-12,19,23-24H,5,9,13-14H2. The lowest BCUT2D eigenvalue weighted by Crippen LogP contribution is -2.21. The molecule has 3 aromatic rings. The molecule has 2 N–H and O–H groups in total. The third-order valence-electron chi connectivity index (χ3n) is 4.19. The summed E-state index contributed by atoms with van der Waals surface area (Å²) in [7, 11) is 0. The Hall–Kier alpha value is -1.94. The van der Waals surface area contributed by atoms with Gasteiger partial charge in [0.2, 0.25) is 0 Å². The van der Waals surface area contributed by atoms with Crippen LogP contribution in [0.2, 0.25) is 5.02 Å². The number of nitrogens with one attached hydrogen (secondary N) is 1. The van der Waals surface area contributed by atoms with E-state index in [-0.39, 0.29) is 12.6 Å². The number of benzene rings is 2. The Balaban J connectivity index is 1.81. The second-order valence-corrected chi connectivity index (χ2v) is 6.22. The minimum absolute atomic E-state index is 0.202. The molecule has 0 aliphatic carbocycles. The van der Waals surface area contributed by atoms with E-state index in [1.165, 1.54) is 5.56 Å². The molecule has 0 aliphatic heterocycles. The van der Waals surface area contributed by atoms with Crippen molar-refractivity contribution in [2.45, 2.75) is 25.4 Å². The van der Waals surface area contributed by atoms with E-state index >= 15 is 0 Å². The first-order valence-corrected chi connectivity index (χ1v) is 8.58. The van der Waals surface area contributed by atoms with Gasteiger partial charge in [-0.2, -0.15) is 0 Å². The highest BCUT2D eigenvalue weighted by atomic mass is 35.5. The van der Waals surface area contributed by atoms with Crippen molar-refractivity contribution in [2.24, 2.45) is 0 Å². The van der Waals surface area contributed by atoms with Crippen molar-refractivity contribution in [3.8, 4) is 0 Å². The summed E-state index contributed by atoms with van der Waals surface area (Å²) < 4.78 is 0. The van der Waals surface area contributed by atoms with Crippen LogP contribution >= 0.6 is 11.6 Å². The van der Waals surface area contributed by atoms with Crippen molar-refractivity contribution >= 4 is 22.5 Å².